The number of nitrogens with zero attached hydrogens (tertiary/aromatic N) is 1. The number of carbonyl (C=O) groups is 2. The summed E-state index contributed by atoms with van der Waals surface area (Å²) in [4.78, 5) is 27.7. The number of hydrogen-bond acceptors (Lipinski definition) is 4. The van der Waals surface area contributed by atoms with Crippen LogP contribution in [0.5, 0.6) is 11.5 Å². The molecule has 0 saturated heterocycles. The standard InChI is InChI=1S/C20H12ClF4N3O3/c21-13-8-10(22)4-5-15(13)31-16-3-1-2-12(20(23,24)25)17(16)19(30)28-11-6-7-27-14(9-11)18(26)29/h1-9H,(H2,26,29)(H,27,28,30). The van der Waals surface area contributed by atoms with Gasteiger partial charge in [-0.1, -0.05) is 17.7 Å². The molecule has 3 N–H and O–H groups in total. The fraction of sp³-hybridized carbons (Fsp3) is 0.0500. The molecular weight excluding hydrogens is 442 g/mol. The summed E-state index contributed by atoms with van der Waals surface area (Å²) in [7, 11) is 0. The van der Waals surface area contributed by atoms with Crippen LogP contribution in [0.4, 0.5) is 23.2 Å². The van der Waals surface area contributed by atoms with E-state index in [-0.39, 0.29) is 22.2 Å². The third-order valence-electron chi connectivity index (χ3n) is 3.94. The first-order valence-corrected chi connectivity index (χ1v) is 8.84. The summed E-state index contributed by atoms with van der Waals surface area (Å²) in [6, 6.07) is 8.27. The van der Waals surface area contributed by atoms with Crippen molar-refractivity contribution in [3.8, 4) is 11.5 Å². The van der Waals surface area contributed by atoms with Gasteiger partial charge in [-0.25, -0.2) is 4.39 Å². The lowest BCUT2D eigenvalue weighted by Gasteiger charge is -2.17. The number of nitrogens with two attached hydrogens (primary N) is 1. The number of anilines is 1. The Bertz CT molecular complexity index is 1170. The number of pyridine rings is 1. The van der Waals surface area contributed by atoms with Crippen LogP contribution in [0.3, 0.4) is 0 Å². The molecule has 0 atom stereocenters. The van der Waals surface area contributed by atoms with Gasteiger partial charge in [0.15, 0.2) is 0 Å². The van der Waals surface area contributed by atoms with E-state index in [1.165, 1.54) is 6.07 Å². The monoisotopic (exact) mass is 453 g/mol. The van der Waals surface area contributed by atoms with Crippen LogP contribution in [-0.4, -0.2) is 16.8 Å². The average molecular weight is 454 g/mol. The fourth-order valence-corrected chi connectivity index (χ4v) is 2.81. The lowest BCUT2D eigenvalue weighted by molar-refractivity contribution is -0.138. The van der Waals surface area contributed by atoms with Crippen molar-refractivity contribution >= 4 is 29.1 Å². The predicted molar refractivity (Wildman–Crippen MR) is 104 cm³/mol. The number of rotatable bonds is 5. The Morgan fingerprint density at radius 3 is 2.45 bits per heavy atom. The van der Waals surface area contributed by atoms with Crippen molar-refractivity contribution < 1.29 is 31.9 Å². The van der Waals surface area contributed by atoms with Crippen molar-refractivity contribution in [3.05, 3.63) is 82.4 Å². The van der Waals surface area contributed by atoms with Crippen LogP contribution in [0.2, 0.25) is 5.02 Å². The van der Waals surface area contributed by atoms with Gasteiger partial charge in [-0.3, -0.25) is 14.6 Å². The van der Waals surface area contributed by atoms with Gasteiger partial charge in [0.05, 0.1) is 16.1 Å². The molecule has 0 saturated carbocycles. The summed E-state index contributed by atoms with van der Waals surface area (Å²) >= 11 is 5.88. The maximum Gasteiger partial charge on any atom is 0.417 e. The largest absolute Gasteiger partial charge is 0.455 e. The molecule has 2 aromatic carbocycles. The zero-order chi connectivity index (χ0) is 22.8. The van der Waals surface area contributed by atoms with E-state index in [1.807, 2.05) is 0 Å². The normalized spacial score (nSPS) is 11.1. The minimum atomic E-state index is -4.89. The van der Waals surface area contributed by atoms with Crippen LogP contribution < -0.4 is 15.8 Å². The van der Waals surface area contributed by atoms with E-state index in [1.54, 1.807) is 0 Å². The maximum absolute atomic E-state index is 13.6. The van der Waals surface area contributed by atoms with Gasteiger partial charge in [-0.2, -0.15) is 13.2 Å². The molecule has 0 aliphatic rings. The quantitative estimate of drug-likeness (QED) is 0.529. The molecule has 0 unspecified atom stereocenters. The molecule has 3 aromatic rings. The van der Waals surface area contributed by atoms with Crippen LogP contribution in [0.15, 0.2) is 54.7 Å². The van der Waals surface area contributed by atoms with Crippen molar-refractivity contribution in [2.45, 2.75) is 6.18 Å². The topological polar surface area (TPSA) is 94.3 Å². The van der Waals surface area contributed by atoms with Crippen molar-refractivity contribution in [3.63, 3.8) is 0 Å². The molecule has 0 fully saturated rings. The molecule has 0 bridgehead atoms. The molecule has 0 radical (unpaired) electrons. The molecule has 11 heteroatoms. The predicted octanol–water partition coefficient (Wildman–Crippen LogP) is 5.04. The number of primary amides is 1. The third kappa shape index (κ3) is 5.10. The molecule has 160 valence electrons. The average Bonchev–Trinajstić information content (AvgIpc) is 2.69. The summed E-state index contributed by atoms with van der Waals surface area (Å²) in [5, 5.41) is 2.05. The summed E-state index contributed by atoms with van der Waals surface area (Å²) in [5.74, 6) is -3.37. The van der Waals surface area contributed by atoms with Crippen molar-refractivity contribution in [1.82, 2.24) is 4.98 Å². The van der Waals surface area contributed by atoms with Gasteiger partial charge in [0.25, 0.3) is 11.8 Å². The summed E-state index contributed by atoms with van der Waals surface area (Å²) < 4.78 is 59.4. The second kappa shape index (κ2) is 8.60. The highest BCUT2D eigenvalue weighted by atomic mass is 35.5. The second-order valence-electron chi connectivity index (χ2n) is 6.10. The highest BCUT2D eigenvalue weighted by molar-refractivity contribution is 6.32. The Hall–Kier alpha value is -3.66. The first-order valence-electron chi connectivity index (χ1n) is 8.46. The van der Waals surface area contributed by atoms with E-state index in [9.17, 15) is 27.2 Å². The Morgan fingerprint density at radius 1 is 1.06 bits per heavy atom. The number of halogens is 5. The highest BCUT2D eigenvalue weighted by Crippen LogP contribution is 2.39. The minimum absolute atomic E-state index is 0.0171. The van der Waals surface area contributed by atoms with Crippen LogP contribution in [-0.2, 0) is 6.18 Å². The molecule has 2 amide bonds. The SMILES string of the molecule is NC(=O)c1cc(NC(=O)c2c(Oc3ccc(F)cc3Cl)cccc2C(F)(F)F)ccn1. The molecule has 0 spiro atoms. The molecule has 0 aliphatic carbocycles. The number of benzene rings is 2. The van der Waals surface area contributed by atoms with Crippen molar-refractivity contribution in [2.75, 3.05) is 5.32 Å². The van der Waals surface area contributed by atoms with Gasteiger partial charge in [-0.05, 0) is 42.5 Å². The molecule has 0 aliphatic heterocycles. The van der Waals surface area contributed by atoms with Gasteiger partial charge >= 0.3 is 6.18 Å². The van der Waals surface area contributed by atoms with Crippen LogP contribution in [0.1, 0.15) is 26.4 Å². The zero-order valence-electron chi connectivity index (χ0n) is 15.3. The zero-order valence-corrected chi connectivity index (χ0v) is 16.1. The van der Waals surface area contributed by atoms with Gasteiger partial charge in [0.1, 0.15) is 23.0 Å². The summed E-state index contributed by atoms with van der Waals surface area (Å²) in [5.41, 5.74) is 2.79. The van der Waals surface area contributed by atoms with Crippen LogP contribution in [0, 0.1) is 5.82 Å². The number of aromatic nitrogens is 1. The molecule has 31 heavy (non-hydrogen) atoms. The Morgan fingerprint density at radius 2 is 1.81 bits per heavy atom. The van der Waals surface area contributed by atoms with Gasteiger partial charge in [-0.15, -0.1) is 0 Å². The third-order valence-corrected chi connectivity index (χ3v) is 4.24. The van der Waals surface area contributed by atoms with Gasteiger partial charge in [0, 0.05) is 11.9 Å². The lowest BCUT2D eigenvalue weighted by Crippen LogP contribution is -2.20. The van der Waals surface area contributed by atoms with E-state index >= 15 is 0 Å². The van der Waals surface area contributed by atoms with Crippen molar-refractivity contribution in [2.24, 2.45) is 5.73 Å². The van der Waals surface area contributed by atoms with Crippen molar-refractivity contribution in [1.29, 1.82) is 0 Å². The molecule has 1 heterocycles. The maximum atomic E-state index is 13.6. The van der Waals surface area contributed by atoms with E-state index in [2.05, 4.69) is 10.3 Å². The first kappa shape index (κ1) is 22.0. The molecule has 6 nitrogen and oxygen atoms in total. The lowest BCUT2D eigenvalue weighted by atomic mass is 10.0. The number of nitrogens with one attached hydrogen (secondary N) is 1. The Kier molecular flexibility index (Phi) is 6.11. The molecular formula is C20H12ClF4N3O3. The first-order chi connectivity index (χ1) is 14.6. The van der Waals surface area contributed by atoms with E-state index in [4.69, 9.17) is 22.1 Å². The van der Waals surface area contributed by atoms with Gasteiger partial charge in [0.2, 0.25) is 0 Å². The van der Waals surface area contributed by atoms with Gasteiger partial charge < -0.3 is 15.8 Å². The molecule has 3 rings (SSSR count). The van der Waals surface area contributed by atoms with Crippen LogP contribution in [0.25, 0.3) is 0 Å². The molecule has 1 aromatic heterocycles. The second-order valence-corrected chi connectivity index (χ2v) is 6.51. The minimum Gasteiger partial charge on any atom is -0.455 e. The summed E-state index contributed by atoms with van der Waals surface area (Å²) in [6.45, 7) is 0. The Labute approximate surface area is 177 Å². The van der Waals surface area contributed by atoms with E-state index in [0.717, 1.165) is 42.6 Å². The highest BCUT2D eigenvalue weighted by Gasteiger charge is 2.37. The fourth-order valence-electron chi connectivity index (χ4n) is 2.60. The van der Waals surface area contributed by atoms with E-state index in [0.29, 0.717) is 6.07 Å². The van der Waals surface area contributed by atoms with Crippen LogP contribution >= 0.6 is 11.6 Å². The number of alkyl halides is 3. The Balaban J connectivity index is 2.05. The number of ether oxygens (including phenoxy) is 1. The smallest absolute Gasteiger partial charge is 0.417 e. The number of amides is 2. The number of carbonyl (C=O) groups excluding carboxylic acids is 2. The number of hydrogen-bond donors (Lipinski definition) is 2. The summed E-state index contributed by atoms with van der Waals surface area (Å²) in [6.07, 6.45) is -3.74. The van der Waals surface area contributed by atoms with E-state index < -0.39 is 40.7 Å².